The Morgan fingerprint density at radius 3 is 1.06 bits per heavy atom. The van der Waals surface area contributed by atoms with Crippen LogP contribution in [0.15, 0.2) is 30.3 Å². The van der Waals surface area contributed by atoms with Crippen molar-refractivity contribution in [3.8, 4) is 0 Å². The van der Waals surface area contributed by atoms with Crippen LogP contribution in [0.3, 0.4) is 0 Å². The van der Waals surface area contributed by atoms with Gasteiger partial charge in [-0.2, -0.15) is 0 Å². The van der Waals surface area contributed by atoms with Gasteiger partial charge in [0.25, 0.3) is 5.97 Å². The topological polar surface area (TPSA) is 491 Å². The van der Waals surface area contributed by atoms with Crippen LogP contribution in [0.5, 0.6) is 0 Å². The first kappa shape index (κ1) is 59.8. The molecule has 0 aromatic heterocycles. The van der Waals surface area contributed by atoms with E-state index in [9.17, 15) is 70.9 Å². The molecule has 0 radical (unpaired) electrons. The third-order valence-electron chi connectivity index (χ3n) is 9.66. The van der Waals surface area contributed by atoms with Crippen molar-refractivity contribution < 1.29 is 140 Å². The predicted octanol–water partition coefficient (Wildman–Crippen LogP) is -8.59. The average molecular weight is 955 g/mol. The van der Waals surface area contributed by atoms with Crippen LogP contribution < -0.4 is 0 Å². The molecule has 0 bridgehead atoms. The van der Waals surface area contributed by atoms with Crippen molar-refractivity contribution in [1.29, 1.82) is 0 Å². The van der Waals surface area contributed by atoms with E-state index in [4.69, 9.17) is 69.0 Å². The van der Waals surface area contributed by atoms with Gasteiger partial charge in [0.05, 0.1) is 37.9 Å². The third kappa shape index (κ3) is 15.9. The predicted molar refractivity (Wildman–Crippen MR) is 206 cm³/mol. The van der Waals surface area contributed by atoms with Crippen LogP contribution in [-0.4, -0.2) is 264 Å². The quantitative estimate of drug-likeness (QED) is 0.0925. The Balaban J connectivity index is 0.000000467. The number of hydrogen-bond acceptors (Lipinski definition) is 25. The molecule has 0 spiro atoms. The highest BCUT2D eigenvalue weighted by Crippen LogP contribution is 2.37. The van der Waals surface area contributed by atoms with Crippen molar-refractivity contribution in [2.75, 3.05) is 39.6 Å². The van der Waals surface area contributed by atoms with Gasteiger partial charge >= 0.3 is 11.9 Å². The maximum Gasteiger partial charge on any atom is 0.335 e. The van der Waals surface area contributed by atoms with E-state index in [1.165, 1.54) is 0 Å². The van der Waals surface area contributed by atoms with E-state index in [1.807, 2.05) is 0 Å². The first-order valence-electron chi connectivity index (χ1n) is 19.5. The largest absolute Gasteiger partial charge is 0.481 e. The number of carboxylic acids is 3. The van der Waals surface area contributed by atoms with Gasteiger partial charge in [0.15, 0.2) is 12.6 Å². The second kappa shape index (κ2) is 27.5. The summed E-state index contributed by atoms with van der Waals surface area (Å²) >= 11 is 0. The lowest BCUT2D eigenvalue weighted by Gasteiger charge is -2.43. The van der Waals surface area contributed by atoms with Crippen LogP contribution in [0.4, 0.5) is 0 Å². The summed E-state index contributed by atoms with van der Waals surface area (Å²) in [7, 11) is 0. The molecule has 0 saturated carbocycles. The fourth-order valence-corrected chi connectivity index (χ4v) is 5.84. The SMILES string of the molecule is CC(=O)O.CC(C)C(=O)O.O=C(O)c1ccccc1.OC[C@H]1O[C@@](CO)(O[C@H]2O[C@H](CO)[C@@H](O)[C@H](O)[C@H]2O)[C@@H](O)[C@@H]1O.OC[C@H]1O[C@@](CO)(O[C@H]2O[C@H](CO)[C@@H](O)[C@H](O)[C@H]2O)[C@@H](O)[C@@H]1O. The molecule has 19 N–H and O–H groups in total. The Hall–Kier alpha value is -3.25. The molecule has 5 rings (SSSR count). The van der Waals surface area contributed by atoms with E-state index in [0.29, 0.717) is 5.56 Å². The van der Waals surface area contributed by atoms with Crippen molar-refractivity contribution in [2.24, 2.45) is 5.92 Å². The van der Waals surface area contributed by atoms with Crippen molar-refractivity contribution >= 4 is 17.9 Å². The molecule has 4 fully saturated rings. The highest BCUT2D eigenvalue weighted by molar-refractivity contribution is 5.87. The lowest BCUT2D eigenvalue weighted by atomic mass is 9.99. The number of hydrogen-bond donors (Lipinski definition) is 19. The molecule has 18 atom stereocenters. The van der Waals surface area contributed by atoms with Gasteiger partial charge in [-0.25, -0.2) is 4.79 Å². The Labute approximate surface area is 369 Å². The van der Waals surface area contributed by atoms with Crippen LogP contribution in [0.1, 0.15) is 31.1 Å². The number of aliphatic carboxylic acids is 2. The molecule has 0 amide bonds. The van der Waals surface area contributed by atoms with Crippen molar-refractivity contribution in [3.63, 3.8) is 0 Å². The number of aliphatic hydroxyl groups is 16. The van der Waals surface area contributed by atoms with E-state index >= 15 is 0 Å². The van der Waals surface area contributed by atoms with Crippen molar-refractivity contribution in [3.05, 3.63) is 35.9 Å². The molecule has 0 unspecified atom stereocenters. The summed E-state index contributed by atoms with van der Waals surface area (Å²) in [6.07, 6.45) is -25.3. The Bertz CT molecular complexity index is 1460. The lowest BCUT2D eigenvalue weighted by Crippen LogP contribution is -2.62. The van der Waals surface area contributed by atoms with E-state index in [-0.39, 0.29) is 5.92 Å². The second-order valence-electron chi connectivity index (χ2n) is 14.8. The fraction of sp³-hybridized carbons (Fsp3) is 0.757. The monoisotopic (exact) mass is 954 g/mol. The highest BCUT2D eigenvalue weighted by Gasteiger charge is 2.60. The second-order valence-corrected chi connectivity index (χ2v) is 14.8. The van der Waals surface area contributed by atoms with E-state index in [1.54, 1.807) is 44.2 Å². The minimum atomic E-state index is -2.22. The number of aromatic carboxylic acids is 1. The summed E-state index contributed by atoms with van der Waals surface area (Å²) in [5, 5.41) is 177. The van der Waals surface area contributed by atoms with Gasteiger partial charge in [-0.05, 0) is 12.1 Å². The molecular weight excluding hydrogens is 892 g/mol. The molecule has 1 aromatic carbocycles. The summed E-state index contributed by atoms with van der Waals surface area (Å²) in [5.41, 5.74) is 0.331. The molecule has 4 aliphatic rings. The smallest absolute Gasteiger partial charge is 0.335 e. The van der Waals surface area contributed by atoms with Gasteiger partial charge in [0.2, 0.25) is 11.6 Å². The van der Waals surface area contributed by atoms with E-state index in [2.05, 4.69) is 0 Å². The average Bonchev–Trinajstić information content (AvgIpc) is 3.67. The van der Waals surface area contributed by atoms with Crippen LogP contribution >= 0.6 is 0 Å². The van der Waals surface area contributed by atoms with Crippen LogP contribution in [0.2, 0.25) is 0 Å². The van der Waals surface area contributed by atoms with Gasteiger partial charge in [-0.15, -0.1) is 0 Å². The van der Waals surface area contributed by atoms with Crippen LogP contribution in [0.25, 0.3) is 0 Å². The molecule has 28 heteroatoms. The summed E-state index contributed by atoms with van der Waals surface area (Å²) in [4.78, 5) is 28.9. The van der Waals surface area contributed by atoms with Gasteiger partial charge in [0, 0.05) is 6.92 Å². The first-order chi connectivity index (χ1) is 30.3. The maximum atomic E-state index is 10.2. The van der Waals surface area contributed by atoms with Crippen molar-refractivity contribution in [2.45, 2.75) is 130 Å². The zero-order valence-corrected chi connectivity index (χ0v) is 35.1. The molecule has 378 valence electrons. The van der Waals surface area contributed by atoms with Gasteiger partial charge < -0.3 is 125 Å². The number of aliphatic hydroxyl groups excluding tert-OH is 16. The number of ether oxygens (including phenoxy) is 6. The Morgan fingerprint density at radius 2 is 0.846 bits per heavy atom. The molecule has 1 aromatic rings. The Morgan fingerprint density at radius 1 is 0.538 bits per heavy atom. The Kier molecular flexibility index (Phi) is 25.3. The van der Waals surface area contributed by atoms with Gasteiger partial charge in [-0.3, -0.25) is 9.59 Å². The molecule has 4 aliphatic heterocycles. The van der Waals surface area contributed by atoms with Crippen LogP contribution in [-0.2, 0) is 38.0 Å². The first-order valence-corrected chi connectivity index (χ1v) is 19.5. The minimum Gasteiger partial charge on any atom is -0.481 e. The van der Waals surface area contributed by atoms with Gasteiger partial charge in [0.1, 0.15) is 98.7 Å². The number of carboxylic acid groups (broad SMARTS) is 3. The number of carbonyl (C=O) groups is 3. The van der Waals surface area contributed by atoms with E-state index in [0.717, 1.165) is 6.92 Å². The molecule has 4 saturated heterocycles. The summed E-state index contributed by atoms with van der Waals surface area (Å²) in [5.74, 6) is -7.13. The number of rotatable bonds is 12. The molecule has 28 nitrogen and oxygen atoms in total. The molecule has 4 heterocycles. The number of benzene rings is 1. The zero-order valence-electron chi connectivity index (χ0n) is 35.1. The molecule has 65 heavy (non-hydrogen) atoms. The molecule has 0 aliphatic carbocycles. The summed E-state index contributed by atoms with van der Waals surface area (Å²) in [6.45, 7) is -0.279. The molecular formula is C37H62O28. The zero-order chi connectivity index (χ0) is 50.1. The normalized spacial score (nSPS) is 38.6. The minimum absolute atomic E-state index is 0.231. The standard InChI is InChI=1S/2C12H22O11.C7H6O2.C4H8O2.C2H4O2/c2*13-1-4-6(16)8(18)9(19)11(21-4)23-12(3-15)10(20)7(17)5(2-14)22-12;8-7(9)6-4-2-1-3-5-6;1-3(2)4(5)6;1-2(3)4/h2*4-11,13-20H,1-3H2;1-5H,(H,8,9);3H,1-2H3,(H,5,6);1H3,(H,3,4)/t2*4-,5-,6-,7-,8+,9-,10+,11-,12+;;;/m11.../s1. The van der Waals surface area contributed by atoms with Gasteiger partial charge in [-0.1, -0.05) is 32.0 Å². The maximum absolute atomic E-state index is 10.2. The third-order valence-corrected chi connectivity index (χ3v) is 9.66. The van der Waals surface area contributed by atoms with E-state index < -0.39 is 167 Å². The highest BCUT2D eigenvalue weighted by atomic mass is 16.8. The fourth-order valence-electron chi connectivity index (χ4n) is 5.84. The summed E-state index contributed by atoms with van der Waals surface area (Å²) in [6, 6.07) is 8.30. The summed E-state index contributed by atoms with van der Waals surface area (Å²) < 4.78 is 30.9. The van der Waals surface area contributed by atoms with Crippen molar-refractivity contribution in [1.82, 2.24) is 0 Å². The lowest BCUT2D eigenvalue weighted by molar-refractivity contribution is -0.383. The van der Waals surface area contributed by atoms with Crippen LogP contribution in [0, 0.1) is 5.92 Å².